The van der Waals surface area contributed by atoms with Gasteiger partial charge in [0.1, 0.15) is 6.61 Å². The van der Waals surface area contributed by atoms with Crippen LogP contribution in [0.1, 0.15) is 24.8 Å². The molecule has 1 aromatic rings. The lowest BCUT2D eigenvalue weighted by atomic mass is 10.1. The SMILES string of the molecule is COc1cccc(CCN)c1OCCN1CCCCC1. The Morgan fingerprint density at radius 1 is 1.20 bits per heavy atom. The number of likely N-dealkylation sites (tertiary alicyclic amines) is 1. The molecule has 1 saturated heterocycles. The molecular weight excluding hydrogens is 252 g/mol. The first-order valence-electron chi connectivity index (χ1n) is 7.56. The third kappa shape index (κ3) is 4.12. The zero-order valence-corrected chi connectivity index (χ0v) is 12.4. The highest BCUT2D eigenvalue weighted by Crippen LogP contribution is 2.31. The van der Waals surface area contributed by atoms with Crippen molar-refractivity contribution in [2.75, 3.05) is 39.9 Å². The average molecular weight is 278 g/mol. The molecule has 1 aromatic carbocycles. The van der Waals surface area contributed by atoms with E-state index in [9.17, 15) is 0 Å². The van der Waals surface area contributed by atoms with E-state index < -0.39 is 0 Å². The molecule has 4 nitrogen and oxygen atoms in total. The summed E-state index contributed by atoms with van der Waals surface area (Å²) in [6.45, 7) is 4.71. The van der Waals surface area contributed by atoms with Gasteiger partial charge >= 0.3 is 0 Å². The van der Waals surface area contributed by atoms with Crippen LogP contribution in [0.5, 0.6) is 11.5 Å². The van der Waals surface area contributed by atoms with Crippen LogP contribution in [-0.4, -0.2) is 44.8 Å². The summed E-state index contributed by atoms with van der Waals surface area (Å²) in [4.78, 5) is 2.47. The topological polar surface area (TPSA) is 47.7 Å². The van der Waals surface area contributed by atoms with Crippen molar-refractivity contribution in [1.29, 1.82) is 0 Å². The first-order chi connectivity index (χ1) is 9.85. The Labute approximate surface area is 121 Å². The zero-order valence-electron chi connectivity index (χ0n) is 12.4. The molecule has 1 heterocycles. The van der Waals surface area contributed by atoms with Crippen molar-refractivity contribution < 1.29 is 9.47 Å². The van der Waals surface area contributed by atoms with Gasteiger partial charge in [-0.1, -0.05) is 18.6 Å². The van der Waals surface area contributed by atoms with E-state index in [4.69, 9.17) is 15.2 Å². The molecule has 0 aliphatic carbocycles. The van der Waals surface area contributed by atoms with E-state index in [1.807, 2.05) is 12.1 Å². The van der Waals surface area contributed by atoms with Crippen molar-refractivity contribution in [1.82, 2.24) is 4.90 Å². The molecule has 0 spiro atoms. The fraction of sp³-hybridized carbons (Fsp3) is 0.625. The molecule has 0 unspecified atom stereocenters. The second-order valence-corrected chi connectivity index (χ2v) is 5.24. The predicted octanol–water partition coefficient (Wildman–Crippen LogP) is 2.06. The van der Waals surface area contributed by atoms with E-state index in [0.29, 0.717) is 13.2 Å². The number of methoxy groups -OCH3 is 1. The summed E-state index contributed by atoms with van der Waals surface area (Å²) in [5, 5.41) is 0. The zero-order chi connectivity index (χ0) is 14.2. The number of piperidine rings is 1. The smallest absolute Gasteiger partial charge is 0.164 e. The highest BCUT2D eigenvalue weighted by Gasteiger charge is 2.12. The lowest BCUT2D eigenvalue weighted by Crippen LogP contribution is -2.33. The largest absolute Gasteiger partial charge is 0.493 e. The number of para-hydroxylation sites is 1. The van der Waals surface area contributed by atoms with Crippen molar-refractivity contribution >= 4 is 0 Å². The van der Waals surface area contributed by atoms with Crippen molar-refractivity contribution in [2.45, 2.75) is 25.7 Å². The summed E-state index contributed by atoms with van der Waals surface area (Å²) in [5.41, 5.74) is 6.79. The minimum atomic E-state index is 0.621. The molecule has 0 radical (unpaired) electrons. The van der Waals surface area contributed by atoms with Crippen LogP contribution in [0.4, 0.5) is 0 Å². The molecule has 112 valence electrons. The Kier molecular flexibility index (Phi) is 6.15. The number of ether oxygens (including phenoxy) is 2. The summed E-state index contributed by atoms with van der Waals surface area (Å²) in [6.07, 6.45) is 4.81. The number of nitrogens with zero attached hydrogens (tertiary/aromatic N) is 1. The van der Waals surface area contributed by atoms with Gasteiger partial charge in [-0.15, -0.1) is 0 Å². The van der Waals surface area contributed by atoms with Crippen molar-refractivity contribution in [3.05, 3.63) is 23.8 Å². The van der Waals surface area contributed by atoms with Crippen LogP contribution in [0.15, 0.2) is 18.2 Å². The minimum Gasteiger partial charge on any atom is -0.493 e. The van der Waals surface area contributed by atoms with E-state index in [-0.39, 0.29) is 0 Å². The summed E-state index contributed by atoms with van der Waals surface area (Å²) in [5.74, 6) is 1.66. The van der Waals surface area contributed by atoms with Crippen molar-refractivity contribution in [3.8, 4) is 11.5 Å². The molecule has 1 aliphatic heterocycles. The Morgan fingerprint density at radius 2 is 2.00 bits per heavy atom. The van der Waals surface area contributed by atoms with Crippen LogP contribution in [0, 0.1) is 0 Å². The second kappa shape index (κ2) is 8.12. The van der Waals surface area contributed by atoms with E-state index >= 15 is 0 Å². The number of hydrogen-bond acceptors (Lipinski definition) is 4. The van der Waals surface area contributed by atoms with Crippen LogP contribution in [0.3, 0.4) is 0 Å². The number of nitrogens with two attached hydrogens (primary N) is 1. The van der Waals surface area contributed by atoms with Gasteiger partial charge in [-0.05, 0) is 50.5 Å². The van der Waals surface area contributed by atoms with Crippen LogP contribution in [0.2, 0.25) is 0 Å². The molecule has 2 rings (SSSR count). The Morgan fingerprint density at radius 3 is 2.70 bits per heavy atom. The van der Waals surface area contributed by atoms with Gasteiger partial charge in [-0.2, -0.15) is 0 Å². The Hall–Kier alpha value is -1.26. The third-order valence-electron chi connectivity index (χ3n) is 3.80. The van der Waals surface area contributed by atoms with Crippen LogP contribution in [-0.2, 0) is 6.42 Å². The molecule has 1 fully saturated rings. The normalized spacial score (nSPS) is 16.1. The first-order valence-corrected chi connectivity index (χ1v) is 7.56. The highest BCUT2D eigenvalue weighted by molar-refractivity contribution is 5.46. The quantitative estimate of drug-likeness (QED) is 0.829. The molecule has 4 heteroatoms. The minimum absolute atomic E-state index is 0.621. The molecular formula is C16H26N2O2. The Bertz CT molecular complexity index is 403. The maximum Gasteiger partial charge on any atom is 0.164 e. The summed E-state index contributed by atoms with van der Waals surface area (Å²) >= 11 is 0. The number of hydrogen-bond donors (Lipinski definition) is 1. The fourth-order valence-electron chi connectivity index (χ4n) is 2.70. The number of benzene rings is 1. The van der Waals surface area contributed by atoms with E-state index in [1.54, 1.807) is 7.11 Å². The van der Waals surface area contributed by atoms with Gasteiger partial charge in [0.05, 0.1) is 7.11 Å². The van der Waals surface area contributed by atoms with Crippen LogP contribution < -0.4 is 15.2 Å². The molecule has 0 amide bonds. The molecule has 0 bridgehead atoms. The third-order valence-corrected chi connectivity index (χ3v) is 3.80. The van der Waals surface area contributed by atoms with E-state index in [1.165, 1.54) is 32.4 Å². The van der Waals surface area contributed by atoms with Gasteiger partial charge in [-0.25, -0.2) is 0 Å². The van der Waals surface area contributed by atoms with Gasteiger partial charge in [0, 0.05) is 6.54 Å². The summed E-state index contributed by atoms with van der Waals surface area (Å²) < 4.78 is 11.4. The molecule has 0 saturated carbocycles. The van der Waals surface area contributed by atoms with Crippen LogP contribution >= 0.6 is 0 Å². The van der Waals surface area contributed by atoms with Crippen molar-refractivity contribution in [3.63, 3.8) is 0 Å². The molecule has 20 heavy (non-hydrogen) atoms. The second-order valence-electron chi connectivity index (χ2n) is 5.24. The van der Waals surface area contributed by atoms with Gasteiger partial charge in [-0.3, -0.25) is 4.90 Å². The van der Waals surface area contributed by atoms with E-state index in [0.717, 1.165) is 30.0 Å². The predicted molar refractivity (Wildman–Crippen MR) is 81.5 cm³/mol. The standard InChI is InChI=1S/C16H26N2O2/c1-19-15-7-5-6-14(8-9-17)16(15)20-13-12-18-10-3-2-4-11-18/h5-7H,2-4,8-13,17H2,1H3. The van der Waals surface area contributed by atoms with Gasteiger partial charge in [0.15, 0.2) is 11.5 Å². The van der Waals surface area contributed by atoms with Crippen molar-refractivity contribution in [2.24, 2.45) is 5.73 Å². The fourth-order valence-corrected chi connectivity index (χ4v) is 2.70. The lowest BCUT2D eigenvalue weighted by molar-refractivity contribution is 0.180. The molecule has 0 aromatic heterocycles. The molecule has 1 aliphatic rings. The summed E-state index contributed by atoms with van der Waals surface area (Å²) in [6, 6.07) is 5.99. The Balaban J connectivity index is 1.92. The average Bonchev–Trinajstić information content (AvgIpc) is 2.50. The van der Waals surface area contributed by atoms with E-state index in [2.05, 4.69) is 11.0 Å². The molecule has 2 N–H and O–H groups in total. The maximum atomic E-state index is 5.99. The maximum absolute atomic E-state index is 5.99. The lowest BCUT2D eigenvalue weighted by Gasteiger charge is -2.26. The van der Waals surface area contributed by atoms with Crippen LogP contribution in [0.25, 0.3) is 0 Å². The van der Waals surface area contributed by atoms with Gasteiger partial charge < -0.3 is 15.2 Å². The highest BCUT2D eigenvalue weighted by atomic mass is 16.5. The summed E-state index contributed by atoms with van der Waals surface area (Å²) in [7, 11) is 1.68. The number of rotatable bonds is 7. The van der Waals surface area contributed by atoms with Gasteiger partial charge in [0.25, 0.3) is 0 Å². The first kappa shape index (κ1) is 15.1. The monoisotopic (exact) mass is 278 g/mol. The molecule has 0 atom stereocenters. The van der Waals surface area contributed by atoms with Gasteiger partial charge in [0.2, 0.25) is 0 Å².